The lowest BCUT2D eigenvalue weighted by Gasteiger charge is -2.18. The lowest BCUT2D eigenvalue weighted by atomic mass is 10.00. The van der Waals surface area contributed by atoms with E-state index in [4.69, 9.17) is 11.5 Å². The van der Waals surface area contributed by atoms with Gasteiger partial charge in [-0.05, 0) is 41.7 Å². The Morgan fingerprint density at radius 2 is 1.81 bits per heavy atom. The summed E-state index contributed by atoms with van der Waals surface area (Å²) in [4.78, 5) is 2.58. The second-order valence-electron chi connectivity index (χ2n) is 4.08. The number of hydrogen-bond donors (Lipinski definition) is 2. The fourth-order valence-electron chi connectivity index (χ4n) is 1.60. The molecule has 0 bridgehead atoms. The smallest absolute Gasteiger partial charge is 0.0314 e. The summed E-state index contributed by atoms with van der Waals surface area (Å²) in [5.74, 6) is 0.446. The molecule has 1 aromatic carbocycles. The Hall–Kier alpha value is -1.35. The van der Waals surface area contributed by atoms with Gasteiger partial charge in [-0.15, -0.1) is 0 Å². The molecule has 1 aromatic rings. The maximum absolute atomic E-state index is 5.84. The van der Waals surface area contributed by atoms with Crippen molar-refractivity contribution in [3.63, 3.8) is 0 Å². The minimum atomic E-state index is 0.446. The van der Waals surface area contributed by atoms with Crippen LogP contribution in [0.3, 0.4) is 0 Å². The number of benzene rings is 1. The molecule has 1 aliphatic carbocycles. The van der Waals surface area contributed by atoms with E-state index >= 15 is 0 Å². The van der Waals surface area contributed by atoms with Crippen LogP contribution in [0.5, 0.6) is 0 Å². The van der Waals surface area contributed by atoms with Crippen molar-refractivity contribution >= 4 is 17.4 Å². The highest BCUT2D eigenvalue weighted by molar-refractivity contribution is 8.03. The summed E-state index contributed by atoms with van der Waals surface area (Å²) in [6, 6.07) is 7.96. The highest BCUT2D eigenvalue weighted by Crippen LogP contribution is 2.34. The van der Waals surface area contributed by atoms with E-state index in [1.807, 2.05) is 30.3 Å². The van der Waals surface area contributed by atoms with Crippen LogP contribution in [0, 0.1) is 5.92 Å². The van der Waals surface area contributed by atoms with Gasteiger partial charge in [-0.25, -0.2) is 0 Å². The van der Waals surface area contributed by atoms with E-state index in [2.05, 4.69) is 13.0 Å². The molecule has 1 atom stereocenters. The molecule has 0 fully saturated rings. The molecular formula is C13H16N2S. The Morgan fingerprint density at radius 3 is 2.44 bits per heavy atom. The third-order valence-corrected chi connectivity index (χ3v) is 3.74. The summed E-state index contributed by atoms with van der Waals surface area (Å²) in [5, 5.41) is 0. The fraction of sp³-hybridized carbons (Fsp3) is 0.231. The van der Waals surface area contributed by atoms with Crippen molar-refractivity contribution in [3.05, 3.63) is 47.0 Å². The SMILES string of the molecule is CC1CC(Sc2ccc(N)cc2)=CC=C1N. The van der Waals surface area contributed by atoms with Gasteiger partial charge in [-0.2, -0.15) is 0 Å². The van der Waals surface area contributed by atoms with Crippen LogP contribution in [0.15, 0.2) is 51.9 Å². The molecule has 1 unspecified atom stereocenters. The number of thioether (sulfide) groups is 1. The largest absolute Gasteiger partial charge is 0.402 e. The van der Waals surface area contributed by atoms with Crippen LogP contribution in [-0.4, -0.2) is 0 Å². The molecule has 0 aliphatic heterocycles. The second kappa shape index (κ2) is 4.66. The molecule has 0 saturated carbocycles. The summed E-state index contributed by atoms with van der Waals surface area (Å²) in [6.07, 6.45) is 5.14. The Morgan fingerprint density at radius 1 is 1.12 bits per heavy atom. The molecular weight excluding hydrogens is 216 g/mol. The monoisotopic (exact) mass is 232 g/mol. The molecule has 2 nitrogen and oxygen atoms in total. The zero-order valence-electron chi connectivity index (χ0n) is 9.31. The number of hydrogen-bond acceptors (Lipinski definition) is 3. The van der Waals surface area contributed by atoms with Gasteiger partial charge in [0.1, 0.15) is 0 Å². The van der Waals surface area contributed by atoms with E-state index < -0.39 is 0 Å². The van der Waals surface area contributed by atoms with Crippen molar-refractivity contribution < 1.29 is 0 Å². The van der Waals surface area contributed by atoms with Crippen molar-refractivity contribution in [3.8, 4) is 0 Å². The highest BCUT2D eigenvalue weighted by atomic mass is 32.2. The first-order valence-electron chi connectivity index (χ1n) is 5.35. The number of rotatable bonds is 2. The fourth-order valence-corrected chi connectivity index (χ4v) is 2.65. The van der Waals surface area contributed by atoms with Crippen LogP contribution in [0.25, 0.3) is 0 Å². The zero-order valence-corrected chi connectivity index (χ0v) is 10.1. The summed E-state index contributed by atoms with van der Waals surface area (Å²) in [7, 11) is 0. The third kappa shape index (κ3) is 2.61. The minimum Gasteiger partial charge on any atom is -0.402 e. The Kier molecular flexibility index (Phi) is 3.25. The van der Waals surface area contributed by atoms with Crippen molar-refractivity contribution in [1.29, 1.82) is 0 Å². The van der Waals surface area contributed by atoms with Crippen molar-refractivity contribution in [1.82, 2.24) is 0 Å². The average Bonchev–Trinajstić information content (AvgIpc) is 2.27. The molecule has 0 spiro atoms. The van der Waals surface area contributed by atoms with E-state index in [0.29, 0.717) is 5.92 Å². The lowest BCUT2D eigenvalue weighted by molar-refractivity contribution is 0.671. The number of nitrogens with two attached hydrogens (primary N) is 2. The minimum absolute atomic E-state index is 0.446. The number of allylic oxidation sites excluding steroid dienone is 4. The van der Waals surface area contributed by atoms with Gasteiger partial charge in [0.15, 0.2) is 0 Å². The normalized spacial score (nSPS) is 20.2. The molecule has 0 radical (unpaired) electrons. The summed E-state index contributed by atoms with van der Waals surface area (Å²) < 4.78 is 0. The van der Waals surface area contributed by atoms with Gasteiger partial charge in [0.05, 0.1) is 0 Å². The van der Waals surface area contributed by atoms with E-state index in [-0.39, 0.29) is 0 Å². The topological polar surface area (TPSA) is 52.0 Å². The molecule has 0 saturated heterocycles. The molecule has 2 rings (SSSR count). The van der Waals surface area contributed by atoms with Gasteiger partial charge < -0.3 is 11.5 Å². The third-order valence-electron chi connectivity index (χ3n) is 2.67. The number of nitrogen functional groups attached to an aromatic ring is 1. The van der Waals surface area contributed by atoms with Crippen molar-refractivity contribution in [2.24, 2.45) is 11.7 Å². The van der Waals surface area contributed by atoms with Crippen molar-refractivity contribution in [2.75, 3.05) is 5.73 Å². The Balaban J connectivity index is 2.08. The van der Waals surface area contributed by atoms with Crippen LogP contribution in [0.2, 0.25) is 0 Å². The molecule has 0 aromatic heterocycles. The van der Waals surface area contributed by atoms with Crippen LogP contribution < -0.4 is 11.5 Å². The summed E-state index contributed by atoms with van der Waals surface area (Å²) in [6.45, 7) is 2.16. The first-order chi connectivity index (χ1) is 7.65. The molecule has 0 amide bonds. The van der Waals surface area contributed by atoms with Crippen LogP contribution in [0.1, 0.15) is 13.3 Å². The molecule has 3 heteroatoms. The molecule has 4 N–H and O–H groups in total. The van der Waals surface area contributed by atoms with E-state index in [9.17, 15) is 0 Å². The Labute approximate surface area is 100 Å². The van der Waals surface area contributed by atoms with Gasteiger partial charge in [0.2, 0.25) is 0 Å². The molecule has 84 valence electrons. The lowest BCUT2D eigenvalue weighted by Crippen LogP contribution is -2.11. The first kappa shape index (κ1) is 11.1. The van der Waals surface area contributed by atoms with E-state index in [1.54, 1.807) is 11.8 Å². The maximum atomic E-state index is 5.84. The molecule has 1 aliphatic rings. The predicted molar refractivity (Wildman–Crippen MR) is 70.8 cm³/mol. The summed E-state index contributed by atoms with van der Waals surface area (Å²) in [5.41, 5.74) is 13.3. The van der Waals surface area contributed by atoms with Gasteiger partial charge >= 0.3 is 0 Å². The maximum Gasteiger partial charge on any atom is 0.0314 e. The standard InChI is InChI=1S/C13H16N2S/c1-9-8-12(6-7-13(9)15)16-11-4-2-10(14)3-5-11/h2-7,9H,8,14-15H2,1H3. The zero-order chi connectivity index (χ0) is 11.5. The van der Waals surface area contributed by atoms with Crippen LogP contribution >= 0.6 is 11.8 Å². The molecule has 16 heavy (non-hydrogen) atoms. The van der Waals surface area contributed by atoms with Gasteiger partial charge in [-0.3, -0.25) is 0 Å². The number of anilines is 1. The predicted octanol–water partition coefficient (Wildman–Crippen LogP) is 3.13. The van der Waals surface area contributed by atoms with Gasteiger partial charge in [0, 0.05) is 22.2 Å². The highest BCUT2D eigenvalue weighted by Gasteiger charge is 2.13. The first-order valence-corrected chi connectivity index (χ1v) is 6.16. The average molecular weight is 232 g/mol. The van der Waals surface area contributed by atoms with Gasteiger partial charge in [0.25, 0.3) is 0 Å². The second-order valence-corrected chi connectivity index (χ2v) is 5.28. The van der Waals surface area contributed by atoms with Crippen LogP contribution in [0.4, 0.5) is 5.69 Å². The van der Waals surface area contributed by atoms with Gasteiger partial charge in [-0.1, -0.05) is 24.8 Å². The van der Waals surface area contributed by atoms with E-state index in [0.717, 1.165) is 17.8 Å². The van der Waals surface area contributed by atoms with Crippen LogP contribution in [-0.2, 0) is 0 Å². The van der Waals surface area contributed by atoms with Crippen molar-refractivity contribution in [2.45, 2.75) is 18.2 Å². The van der Waals surface area contributed by atoms with E-state index in [1.165, 1.54) is 9.80 Å². The summed E-state index contributed by atoms with van der Waals surface area (Å²) >= 11 is 1.78. The molecule has 0 heterocycles. The Bertz CT molecular complexity index is 432. The quantitative estimate of drug-likeness (QED) is 0.770.